The fraction of sp³-hybridized carbons (Fsp3) is 0.250. The number of rotatable bonds is 7. The van der Waals surface area contributed by atoms with E-state index in [1.165, 1.54) is 7.11 Å². The van der Waals surface area contributed by atoms with Crippen molar-refractivity contribution in [3.05, 3.63) is 71.3 Å². The molecule has 1 unspecified atom stereocenters. The highest BCUT2D eigenvalue weighted by molar-refractivity contribution is 5.96. The number of allylic oxidation sites excluding steroid dienone is 1. The first-order valence-electron chi connectivity index (χ1n) is 7.94. The van der Waals surface area contributed by atoms with E-state index in [0.717, 1.165) is 11.1 Å². The van der Waals surface area contributed by atoms with Crippen molar-refractivity contribution in [2.24, 2.45) is 0 Å². The quantitative estimate of drug-likeness (QED) is 0.566. The highest BCUT2D eigenvalue weighted by Crippen LogP contribution is 2.44. The lowest BCUT2D eigenvalue weighted by Gasteiger charge is -2.19. The number of ether oxygens (including phenoxy) is 4. The lowest BCUT2D eigenvalue weighted by molar-refractivity contribution is -0.0826. The SMILES string of the molecule is C=CCc1c(OC)cc2c(c1OCc1ccccc1)C(OC)OC2=O. The summed E-state index contributed by atoms with van der Waals surface area (Å²) in [6.07, 6.45) is 1.51. The van der Waals surface area contributed by atoms with Gasteiger partial charge >= 0.3 is 5.97 Å². The maximum atomic E-state index is 12.2. The van der Waals surface area contributed by atoms with Gasteiger partial charge in [-0.25, -0.2) is 4.79 Å². The molecule has 130 valence electrons. The summed E-state index contributed by atoms with van der Waals surface area (Å²) in [5, 5.41) is 0. The molecule has 25 heavy (non-hydrogen) atoms. The van der Waals surface area contributed by atoms with Crippen molar-refractivity contribution in [1.29, 1.82) is 0 Å². The number of methoxy groups -OCH3 is 2. The largest absolute Gasteiger partial charge is 0.496 e. The Morgan fingerprint density at radius 3 is 2.64 bits per heavy atom. The van der Waals surface area contributed by atoms with E-state index in [4.69, 9.17) is 18.9 Å². The number of esters is 1. The molecule has 0 aromatic heterocycles. The second-order valence-corrected chi connectivity index (χ2v) is 5.59. The molecule has 1 atom stereocenters. The van der Waals surface area contributed by atoms with Crippen LogP contribution in [0.4, 0.5) is 0 Å². The second kappa shape index (κ2) is 7.40. The van der Waals surface area contributed by atoms with Gasteiger partial charge in [0.05, 0.1) is 18.2 Å². The molecule has 5 nitrogen and oxygen atoms in total. The Morgan fingerprint density at radius 2 is 2.00 bits per heavy atom. The van der Waals surface area contributed by atoms with Gasteiger partial charge in [-0.3, -0.25) is 0 Å². The summed E-state index contributed by atoms with van der Waals surface area (Å²) in [4.78, 5) is 12.2. The van der Waals surface area contributed by atoms with E-state index in [9.17, 15) is 4.79 Å². The molecule has 0 radical (unpaired) electrons. The summed E-state index contributed by atoms with van der Waals surface area (Å²) in [6, 6.07) is 11.5. The number of fused-ring (bicyclic) bond motifs is 1. The van der Waals surface area contributed by atoms with Crippen molar-refractivity contribution in [3.8, 4) is 11.5 Å². The summed E-state index contributed by atoms with van der Waals surface area (Å²) >= 11 is 0. The first-order valence-corrected chi connectivity index (χ1v) is 7.94. The Kier molecular flexibility index (Phi) is 5.05. The molecule has 0 spiro atoms. The zero-order chi connectivity index (χ0) is 17.8. The van der Waals surface area contributed by atoms with Gasteiger partial charge in [-0.1, -0.05) is 36.4 Å². The van der Waals surface area contributed by atoms with E-state index in [1.807, 2.05) is 30.3 Å². The molecular formula is C20H20O5. The Hall–Kier alpha value is -2.79. The number of carbonyl (C=O) groups is 1. The van der Waals surface area contributed by atoms with Crippen LogP contribution in [0.25, 0.3) is 0 Å². The summed E-state index contributed by atoms with van der Waals surface area (Å²) in [7, 11) is 3.05. The Labute approximate surface area is 146 Å². The number of hydrogen-bond acceptors (Lipinski definition) is 5. The van der Waals surface area contributed by atoms with Crippen LogP contribution in [0.15, 0.2) is 49.1 Å². The smallest absolute Gasteiger partial charge is 0.341 e. The van der Waals surface area contributed by atoms with Crippen LogP contribution in [0.1, 0.15) is 33.3 Å². The summed E-state index contributed by atoms with van der Waals surface area (Å²) < 4.78 is 22.2. The predicted molar refractivity (Wildman–Crippen MR) is 92.8 cm³/mol. The van der Waals surface area contributed by atoms with Gasteiger partial charge in [-0.2, -0.15) is 0 Å². The fourth-order valence-corrected chi connectivity index (χ4v) is 2.90. The minimum atomic E-state index is -0.789. The van der Waals surface area contributed by atoms with Crippen LogP contribution in [-0.4, -0.2) is 20.2 Å². The molecule has 1 heterocycles. The third-order valence-electron chi connectivity index (χ3n) is 4.06. The molecule has 0 fully saturated rings. The average molecular weight is 340 g/mol. The van der Waals surface area contributed by atoms with Gasteiger partial charge in [0.25, 0.3) is 0 Å². The van der Waals surface area contributed by atoms with Crippen molar-refractivity contribution >= 4 is 5.97 Å². The second-order valence-electron chi connectivity index (χ2n) is 5.59. The molecule has 3 rings (SSSR count). The first-order chi connectivity index (χ1) is 12.2. The molecule has 1 aliphatic rings. The van der Waals surface area contributed by atoms with Crippen molar-refractivity contribution < 1.29 is 23.7 Å². The molecule has 5 heteroatoms. The standard InChI is InChI=1S/C20H20O5/c1-4-8-14-16(22-2)11-15-17(20(23-3)25-19(15)21)18(14)24-12-13-9-6-5-7-10-13/h4-7,9-11,20H,1,8,12H2,2-3H3. The summed E-state index contributed by atoms with van der Waals surface area (Å²) in [5.74, 6) is 0.668. The lowest BCUT2D eigenvalue weighted by atomic mass is 9.99. The van der Waals surface area contributed by atoms with Crippen LogP contribution in [-0.2, 0) is 22.5 Å². The van der Waals surface area contributed by atoms with Gasteiger partial charge in [0.2, 0.25) is 6.29 Å². The normalized spacial score (nSPS) is 15.4. The van der Waals surface area contributed by atoms with Gasteiger partial charge in [0.1, 0.15) is 18.1 Å². The van der Waals surface area contributed by atoms with Crippen LogP contribution in [0.2, 0.25) is 0 Å². The van der Waals surface area contributed by atoms with E-state index >= 15 is 0 Å². The lowest BCUT2D eigenvalue weighted by Crippen LogP contribution is -2.07. The number of cyclic esters (lactones) is 1. The van der Waals surface area contributed by atoms with E-state index in [0.29, 0.717) is 35.7 Å². The fourth-order valence-electron chi connectivity index (χ4n) is 2.90. The molecule has 0 bridgehead atoms. The van der Waals surface area contributed by atoms with Gasteiger partial charge < -0.3 is 18.9 Å². The van der Waals surface area contributed by atoms with Gasteiger partial charge in [-0.15, -0.1) is 6.58 Å². The Balaban J connectivity index is 2.09. The van der Waals surface area contributed by atoms with Crippen LogP contribution in [0.5, 0.6) is 11.5 Å². The molecule has 2 aromatic rings. The highest BCUT2D eigenvalue weighted by atomic mass is 16.7. The van der Waals surface area contributed by atoms with Gasteiger partial charge in [-0.05, 0) is 18.1 Å². The van der Waals surface area contributed by atoms with Crippen LogP contribution >= 0.6 is 0 Å². The number of benzene rings is 2. The summed E-state index contributed by atoms with van der Waals surface area (Å²) in [5.41, 5.74) is 2.83. The van der Waals surface area contributed by atoms with Crippen molar-refractivity contribution in [2.75, 3.05) is 14.2 Å². The zero-order valence-corrected chi connectivity index (χ0v) is 14.3. The molecule has 0 aliphatic carbocycles. The topological polar surface area (TPSA) is 54.0 Å². The summed E-state index contributed by atoms with van der Waals surface area (Å²) in [6.45, 7) is 4.15. The van der Waals surface area contributed by atoms with E-state index < -0.39 is 12.3 Å². The Bertz CT molecular complexity index is 782. The van der Waals surface area contributed by atoms with Crippen LogP contribution in [0, 0.1) is 0 Å². The Morgan fingerprint density at radius 1 is 1.24 bits per heavy atom. The molecule has 0 saturated heterocycles. The van der Waals surface area contributed by atoms with Gasteiger partial charge in [0, 0.05) is 12.7 Å². The van der Waals surface area contributed by atoms with E-state index in [2.05, 4.69) is 6.58 Å². The minimum absolute atomic E-state index is 0.356. The van der Waals surface area contributed by atoms with Crippen molar-refractivity contribution in [1.82, 2.24) is 0 Å². The van der Waals surface area contributed by atoms with Crippen LogP contribution < -0.4 is 9.47 Å². The third-order valence-corrected chi connectivity index (χ3v) is 4.06. The number of hydrogen-bond donors (Lipinski definition) is 0. The van der Waals surface area contributed by atoms with Crippen LogP contribution in [0.3, 0.4) is 0 Å². The molecule has 1 aliphatic heterocycles. The van der Waals surface area contributed by atoms with E-state index in [-0.39, 0.29) is 0 Å². The number of carbonyl (C=O) groups excluding carboxylic acids is 1. The monoisotopic (exact) mass is 340 g/mol. The predicted octanol–water partition coefficient (Wildman–Crippen LogP) is 3.82. The van der Waals surface area contributed by atoms with Gasteiger partial charge in [0.15, 0.2) is 0 Å². The third kappa shape index (κ3) is 3.23. The van der Waals surface area contributed by atoms with Crippen molar-refractivity contribution in [3.63, 3.8) is 0 Å². The van der Waals surface area contributed by atoms with Crippen molar-refractivity contribution in [2.45, 2.75) is 19.3 Å². The molecular weight excluding hydrogens is 320 g/mol. The maximum Gasteiger partial charge on any atom is 0.341 e. The minimum Gasteiger partial charge on any atom is -0.496 e. The highest BCUT2D eigenvalue weighted by Gasteiger charge is 2.37. The maximum absolute atomic E-state index is 12.2. The van der Waals surface area contributed by atoms with E-state index in [1.54, 1.807) is 19.3 Å². The molecule has 2 aromatic carbocycles. The average Bonchev–Trinajstić information content (AvgIpc) is 2.97. The zero-order valence-electron chi connectivity index (χ0n) is 14.3. The molecule has 0 N–H and O–H groups in total. The molecule has 0 amide bonds. The first kappa shape index (κ1) is 17.0. The molecule has 0 saturated carbocycles.